The molecule has 0 saturated heterocycles. The van der Waals surface area contributed by atoms with Gasteiger partial charge in [0.1, 0.15) is 6.54 Å². The molecular weight excluding hydrogens is 208 g/mol. The highest BCUT2D eigenvalue weighted by Crippen LogP contribution is 2.06. The third-order valence-electron chi connectivity index (χ3n) is 1.95. The van der Waals surface area contributed by atoms with E-state index in [4.69, 9.17) is 10.3 Å². The monoisotopic (exact) mass is 222 g/mol. The van der Waals surface area contributed by atoms with E-state index in [1.54, 1.807) is 10.9 Å². The van der Waals surface area contributed by atoms with Crippen LogP contribution in [0.2, 0.25) is 0 Å². The first kappa shape index (κ1) is 10.6. The van der Waals surface area contributed by atoms with Crippen LogP contribution in [0.25, 0.3) is 0 Å². The number of hydrogen-bond donors (Lipinski definition) is 1. The van der Waals surface area contributed by atoms with E-state index in [9.17, 15) is 0 Å². The van der Waals surface area contributed by atoms with E-state index in [-0.39, 0.29) is 0 Å². The van der Waals surface area contributed by atoms with Gasteiger partial charge in [-0.25, -0.2) is 4.68 Å². The normalized spacial score (nSPS) is 11.2. The minimum Gasteiger partial charge on any atom is -0.381 e. The topological polar surface area (TPSA) is 95.7 Å². The molecule has 2 N–H and O–H groups in total. The van der Waals surface area contributed by atoms with Crippen LogP contribution in [0, 0.1) is 5.92 Å². The highest BCUT2D eigenvalue weighted by molar-refractivity contribution is 5.19. The summed E-state index contributed by atoms with van der Waals surface area (Å²) in [6, 6.07) is 0. The number of nitrogen functional groups attached to an aromatic ring is 1. The molecule has 0 fully saturated rings. The lowest BCUT2D eigenvalue weighted by molar-refractivity contribution is 0.358. The van der Waals surface area contributed by atoms with Gasteiger partial charge in [-0.2, -0.15) is 4.98 Å². The lowest BCUT2D eigenvalue weighted by atomic mass is 10.1. The number of hydrogen-bond acceptors (Lipinski definition) is 6. The molecule has 0 amide bonds. The van der Waals surface area contributed by atoms with Gasteiger partial charge in [-0.15, -0.1) is 5.10 Å². The van der Waals surface area contributed by atoms with Crippen molar-refractivity contribution < 1.29 is 4.52 Å². The smallest absolute Gasteiger partial charge is 0.248 e. The van der Waals surface area contributed by atoms with Gasteiger partial charge in [-0.3, -0.25) is 0 Å². The van der Waals surface area contributed by atoms with Gasteiger partial charge in [-0.1, -0.05) is 24.2 Å². The maximum absolute atomic E-state index is 5.44. The second-order valence-corrected chi connectivity index (χ2v) is 4.04. The molecule has 86 valence electrons. The molecular formula is C9H14N6O. The van der Waals surface area contributed by atoms with Crippen LogP contribution in [0.5, 0.6) is 0 Å². The predicted molar refractivity (Wildman–Crippen MR) is 56.4 cm³/mol. The van der Waals surface area contributed by atoms with Gasteiger partial charge in [-0.05, 0) is 5.92 Å². The predicted octanol–water partition coefficient (Wildman–Crippen LogP) is 0.490. The fourth-order valence-electron chi connectivity index (χ4n) is 1.33. The summed E-state index contributed by atoms with van der Waals surface area (Å²) in [6.45, 7) is 4.61. The summed E-state index contributed by atoms with van der Waals surface area (Å²) in [4.78, 5) is 4.25. The molecule has 0 radical (unpaired) electrons. The van der Waals surface area contributed by atoms with Gasteiger partial charge in [0.2, 0.25) is 5.89 Å². The summed E-state index contributed by atoms with van der Waals surface area (Å²) < 4.78 is 6.65. The average Bonchev–Trinajstić information content (AvgIpc) is 2.76. The largest absolute Gasteiger partial charge is 0.381 e. The van der Waals surface area contributed by atoms with Crippen molar-refractivity contribution in [2.24, 2.45) is 5.92 Å². The molecule has 0 saturated carbocycles. The summed E-state index contributed by atoms with van der Waals surface area (Å²) in [6.07, 6.45) is 2.43. The molecule has 0 bridgehead atoms. The molecule has 2 aromatic rings. The second kappa shape index (κ2) is 4.30. The summed E-state index contributed by atoms with van der Waals surface area (Å²) in [7, 11) is 0. The molecule has 0 unspecified atom stereocenters. The Balaban J connectivity index is 2.02. The molecule has 2 aromatic heterocycles. The fraction of sp³-hybridized carbons (Fsp3) is 0.556. The summed E-state index contributed by atoms with van der Waals surface area (Å²) in [5, 5.41) is 11.3. The van der Waals surface area contributed by atoms with Crippen molar-refractivity contribution in [1.29, 1.82) is 0 Å². The summed E-state index contributed by atoms with van der Waals surface area (Å²) in [5.41, 5.74) is 5.44. The van der Waals surface area contributed by atoms with E-state index in [2.05, 4.69) is 34.3 Å². The van der Waals surface area contributed by atoms with Crippen molar-refractivity contribution >= 4 is 5.82 Å². The molecule has 7 nitrogen and oxygen atoms in total. The summed E-state index contributed by atoms with van der Waals surface area (Å²) >= 11 is 0. The average molecular weight is 222 g/mol. The lowest BCUT2D eigenvalue weighted by Gasteiger charge is -1.96. The molecule has 0 aliphatic carbocycles. The first-order valence-corrected chi connectivity index (χ1v) is 5.10. The van der Waals surface area contributed by atoms with Crippen LogP contribution in [-0.4, -0.2) is 25.1 Å². The van der Waals surface area contributed by atoms with Crippen LogP contribution < -0.4 is 5.73 Å². The van der Waals surface area contributed by atoms with Crippen molar-refractivity contribution in [1.82, 2.24) is 25.1 Å². The second-order valence-electron chi connectivity index (χ2n) is 4.04. The Hall–Kier alpha value is -1.92. The quantitative estimate of drug-likeness (QED) is 0.808. The zero-order valence-electron chi connectivity index (χ0n) is 9.29. The molecule has 0 aromatic carbocycles. The number of aromatic nitrogens is 5. The first-order chi connectivity index (χ1) is 7.63. The Morgan fingerprint density at radius 2 is 2.31 bits per heavy atom. The first-order valence-electron chi connectivity index (χ1n) is 5.10. The highest BCUT2D eigenvalue weighted by atomic mass is 16.5. The minimum atomic E-state index is 0.377. The lowest BCUT2D eigenvalue weighted by Crippen LogP contribution is -2.01. The molecule has 7 heteroatoms. The zero-order valence-corrected chi connectivity index (χ0v) is 9.29. The minimum absolute atomic E-state index is 0.377. The SMILES string of the molecule is CC(C)Cc1noc(Cn2cc(N)nn2)n1. The third-order valence-corrected chi connectivity index (χ3v) is 1.95. The molecule has 2 heterocycles. The molecule has 0 aliphatic heterocycles. The van der Waals surface area contributed by atoms with E-state index < -0.39 is 0 Å². The van der Waals surface area contributed by atoms with Crippen molar-refractivity contribution in [3.63, 3.8) is 0 Å². The van der Waals surface area contributed by atoms with Crippen molar-refractivity contribution in [3.8, 4) is 0 Å². The zero-order chi connectivity index (χ0) is 11.5. The van der Waals surface area contributed by atoms with E-state index in [1.165, 1.54) is 0 Å². The van der Waals surface area contributed by atoms with E-state index in [0.717, 1.165) is 12.2 Å². The van der Waals surface area contributed by atoms with E-state index in [1.807, 2.05) is 0 Å². The van der Waals surface area contributed by atoms with Crippen molar-refractivity contribution in [2.75, 3.05) is 5.73 Å². The molecule has 0 atom stereocenters. The molecule has 0 spiro atoms. The Morgan fingerprint density at radius 3 is 2.94 bits per heavy atom. The maximum Gasteiger partial charge on any atom is 0.248 e. The molecule has 16 heavy (non-hydrogen) atoms. The standard InChI is InChI=1S/C9H14N6O/c1-6(2)3-8-11-9(16-13-8)5-15-4-7(10)12-14-15/h4,6H,3,5,10H2,1-2H3. The van der Waals surface area contributed by atoms with Gasteiger partial charge in [0, 0.05) is 6.42 Å². The number of anilines is 1. The van der Waals surface area contributed by atoms with Crippen LogP contribution in [-0.2, 0) is 13.0 Å². The Kier molecular flexibility index (Phi) is 2.84. The Morgan fingerprint density at radius 1 is 1.50 bits per heavy atom. The Bertz CT molecular complexity index is 460. The van der Waals surface area contributed by atoms with Crippen LogP contribution in [0.1, 0.15) is 25.6 Å². The molecule has 2 rings (SSSR count). The highest BCUT2D eigenvalue weighted by Gasteiger charge is 2.09. The number of nitrogens with two attached hydrogens (primary N) is 1. The van der Waals surface area contributed by atoms with Crippen LogP contribution >= 0.6 is 0 Å². The number of nitrogens with zero attached hydrogens (tertiary/aromatic N) is 5. The van der Waals surface area contributed by atoms with Crippen LogP contribution in [0.15, 0.2) is 10.7 Å². The number of rotatable bonds is 4. The van der Waals surface area contributed by atoms with E-state index in [0.29, 0.717) is 24.2 Å². The third kappa shape index (κ3) is 2.56. The summed E-state index contributed by atoms with van der Waals surface area (Å²) in [5.74, 6) is 2.12. The maximum atomic E-state index is 5.44. The van der Waals surface area contributed by atoms with Gasteiger partial charge in [0.05, 0.1) is 6.20 Å². The van der Waals surface area contributed by atoms with Gasteiger partial charge in [0.25, 0.3) is 0 Å². The van der Waals surface area contributed by atoms with Gasteiger partial charge < -0.3 is 10.3 Å². The van der Waals surface area contributed by atoms with Crippen molar-refractivity contribution in [2.45, 2.75) is 26.8 Å². The van der Waals surface area contributed by atoms with Gasteiger partial charge in [0.15, 0.2) is 11.6 Å². The van der Waals surface area contributed by atoms with E-state index >= 15 is 0 Å². The van der Waals surface area contributed by atoms with Crippen LogP contribution in [0.3, 0.4) is 0 Å². The fourth-order valence-corrected chi connectivity index (χ4v) is 1.33. The molecule has 0 aliphatic rings. The Labute approximate surface area is 92.6 Å². The van der Waals surface area contributed by atoms with Crippen LogP contribution in [0.4, 0.5) is 5.82 Å². The van der Waals surface area contributed by atoms with Crippen molar-refractivity contribution in [3.05, 3.63) is 17.9 Å². The van der Waals surface area contributed by atoms with Gasteiger partial charge >= 0.3 is 0 Å².